The second kappa shape index (κ2) is 5.38. The molecule has 2 N–H and O–H groups in total. The first-order chi connectivity index (χ1) is 8.97. The second-order valence-corrected chi connectivity index (χ2v) is 5.81. The minimum atomic E-state index is -0.483. The van der Waals surface area contributed by atoms with Crippen LogP contribution in [0.15, 0.2) is 4.99 Å². The Bertz CT molecular complexity index is 426. The molecular weight excluding hydrogens is 268 g/mol. The summed E-state index contributed by atoms with van der Waals surface area (Å²) < 4.78 is 0. The highest BCUT2D eigenvalue weighted by Gasteiger charge is 2.49. The molecule has 3 amide bonds. The summed E-state index contributed by atoms with van der Waals surface area (Å²) in [6, 6.07) is -0.816. The number of aliphatic imine (C=N–C) groups is 1. The van der Waals surface area contributed by atoms with E-state index in [1.807, 2.05) is 18.7 Å². The number of amides is 3. The second-order valence-electron chi connectivity index (χ2n) is 4.75. The van der Waals surface area contributed by atoms with Crippen molar-refractivity contribution in [1.29, 1.82) is 0 Å². The van der Waals surface area contributed by atoms with E-state index in [9.17, 15) is 9.59 Å². The number of nitrogens with one attached hydrogen (secondary N) is 1. The number of carbonyl (C=O) groups excluding carboxylic acids is 2. The summed E-state index contributed by atoms with van der Waals surface area (Å²) in [5.74, 6) is 0.200. The highest BCUT2D eigenvalue weighted by atomic mass is 32.2. The number of imide groups is 1. The molecule has 0 aromatic heterocycles. The molecule has 0 aromatic rings. The molecule has 0 aromatic carbocycles. The first-order valence-corrected chi connectivity index (χ1v) is 7.13. The highest BCUT2D eigenvalue weighted by molar-refractivity contribution is 8.13. The molecular formula is C11H18N4O3S. The van der Waals surface area contributed by atoms with Gasteiger partial charge in [-0.05, 0) is 13.8 Å². The standard InChI is InChI=1S/C11H18N4O3S/c1-6(2)15-7-8(12-11(15)19-5-4-16)14(3)10(18)13-9(7)17/h6-8,16H,4-5H2,1-3H3,(H,13,17,18). The zero-order chi connectivity index (χ0) is 14.2. The number of hydrogen-bond acceptors (Lipinski definition) is 6. The van der Waals surface area contributed by atoms with E-state index < -0.39 is 18.2 Å². The van der Waals surface area contributed by atoms with Gasteiger partial charge in [0.25, 0.3) is 5.91 Å². The number of aliphatic hydroxyl groups excluding tert-OH is 1. The quantitative estimate of drug-likeness (QED) is 0.742. The first kappa shape index (κ1) is 14.1. The van der Waals surface area contributed by atoms with E-state index in [4.69, 9.17) is 5.11 Å². The number of aliphatic hydroxyl groups is 1. The fourth-order valence-electron chi connectivity index (χ4n) is 2.25. The van der Waals surface area contributed by atoms with Gasteiger partial charge in [0.1, 0.15) is 0 Å². The largest absolute Gasteiger partial charge is 0.396 e. The number of thioether (sulfide) groups is 1. The Morgan fingerprint density at radius 2 is 2.16 bits per heavy atom. The van der Waals surface area contributed by atoms with Gasteiger partial charge >= 0.3 is 6.03 Å². The normalized spacial score (nSPS) is 26.7. The Labute approximate surface area is 116 Å². The van der Waals surface area contributed by atoms with E-state index in [1.54, 1.807) is 7.05 Å². The van der Waals surface area contributed by atoms with Crippen molar-refractivity contribution in [1.82, 2.24) is 15.1 Å². The van der Waals surface area contributed by atoms with Gasteiger partial charge in [0.05, 0.1) is 6.61 Å². The number of nitrogens with zero attached hydrogens (tertiary/aromatic N) is 3. The van der Waals surface area contributed by atoms with Gasteiger partial charge in [-0.25, -0.2) is 9.79 Å². The van der Waals surface area contributed by atoms with Gasteiger partial charge in [-0.15, -0.1) is 0 Å². The Morgan fingerprint density at radius 3 is 2.74 bits per heavy atom. The van der Waals surface area contributed by atoms with Crippen molar-refractivity contribution in [2.75, 3.05) is 19.4 Å². The number of amidine groups is 1. The Balaban J connectivity index is 2.29. The Kier molecular flexibility index (Phi) is 4.00. The Hall–Kier alpha value is -1.28. The van der Waals surface area contributed by atoms with Crippen molar-refractivity contribution in [3.8, 4) is 0 Å². The summed E-state index contributed by atoms with van der Waals surface area (Å²) in [7, 11) is 1.63. The summed E-state index contributed by atoms with van der Waals surface area (Å²) in [6.45, 7) is 3.99. The maximum Gasteiger partial charge on any atom is 0.325 e. The molecule has 8 heteroatoms. The molecule has 0 aliphatic carbocycles. The van der Waals surface area contributed by atoms with Crippen LogP contribution in [0.3, 0.4) is 0 Å². The van der Waals surface area contributed by atoms with Gasteiger partial charge < -0.3 is 14.9 Å². The van der Waals surface area contributed by atoms with Crippen molar-refractivity contribution >= 4 is 28.9 Å². The van der Waals surface area contributed by atoms with E-state index >= 15 is 0 Å². The zero-order valence-corrected chi connectivity index (χ0v) is 12.0. The van der Waals surface area contributed by atoms with Crippen LogP contribution in [0.1, 0.15) is 13.8 Å². The summed E-state index contributed by atoms with van der Waals surface area (Å²) >= 11 is 1.40. The lowest BCUT2D eigenvalue weighted by molar-refractivity contribution is -0.127. The third kappa shape index (κ3) is 2.42. The van der Waals surface area contributed by atoms with Gasteiger partial charge in [-0.2, -0.15) is 0 Å². The van der Waals surface area contributed by atoms with E-state index in [1.165, 1.54) is 16.7 Å². The maximum atomic E-state index is 12.0. The minimum Gasteiger partial charge on any atom is -0.396 e. The molecule has 0 saturated carbocycles. The summed E-state index contributed by atoms with van der Waals surface area (Å²) in [6.07, 6.45) is -0.482. The fraction of sp³-hybridized carbons (Fsp3) is 0.727. The molecule has 2 atom stereocenters. The minimum absolute atomic E-state index is 0.0475. The highest BCUT2D eigenvalue weighted by Crippen LogP contribution is 2.29. The van der Waals surface area contributed by atoms with Crippen LogP contribution in [0.5, 0.6) is 0 Å². The number of carbonyl (C=O) groups is 2. The third-order valence-electron chi connectivity index (χ3n) is 3.14. The van der Waals surface area contributed by atoms with Gasteiger partial charge in [0, 0.05) is 18.8 Å². The average molecular weight is 286 g/mol. The summed E-state index contributed by atoms with van der Waals surface area (Å²) in [4.78, 5) is 31.5. The number of rotatable bonds is 3. The van der Waals surface area contributed by atoms with Gasteiger partial charge in [0.2, 0.25) is 0 Å². The van der Waals surface area contributed by atoms with Gasteiger partial charge in [-0.3, -0.25) is 10.1 Å². The summed E-state index contributed by atoms with van der Waals surface area (Å²) in [5, 5.41) is 12.0. The van der Waals surface area contributed by atoms with Crippen LogP contribution in [-0.2, 0) is 4.79 Å². The van der Waals surface area contributed by atoms with Crippen LogP contribution in [0.2, 0.25) is 0 Å². The van der Waals surface area contributed by atoms with Crippen LogP contribution in [0, 0.1) is 0 Å². The number of hydrogen-bond donors (Lipinski definition) is 2. The van der Waals surface area contributed by atoms with Crippen molar-refractivity contribution in [3.63, 3.8) is 0 Å². The van der Waals surface area contributed by atoms with Crippen LogP contribution in [0.4, 0.5) is 4.79 Å². The molecule has 2 heterocycles. The van der Waals surface area contributed by atoms with E-state index in [-0.39, 0.29) is 18.6 Å². The molecule has 2 rings (SSSR count). The predicted octanol–water partition coefficient (Wildman–Crippen LogP) is -0.332. The zero-order valence-electron chi connectivity index (χ0n) is 11.2. The van der Waals surface area contributed by atoms with Crippen molar-refractivity contribution in [2.45, 2.75) is 32.1 Å². The topological polar surface area (TPSA) is 85.2 Å². The van der Waals surface area contributed by atoms with E-state index in [0.29, 0.717) is 10.9 Å². The van der Waals surface area contributed by atoms with Crippen LogP contribution in [0.25, 0.3) is 0 Å². The molecule has 0 spiro atoms. The maximum absolute atomic E-state index is 12.0. The fourth-order valence-corrected chi connectivity index (χ4v) is 3.18. The molecule has 7 nitrogen and oxygen atoms in total. The molecule has 0 radical (unpaired) electrons. The molecule has 2 unspecified atom stereocenters. The van der Waals surface area contributed by atoms with Crippen molar-refractivity contribution < 1.29 is 14.7 Å². The molecule has 106 valence electrons. The summed E-state index contributed by atoms with van der Waals surface area (Å²) in [5.41, 5.74) is 0. The van der Waals surface area contributed by atoms with Crippen LogP contribution >= 0.6 is 11.8 Å². The third-order valence-corrected chi connectivity index (χ3v) is 4.10. The van der Waals surface area contributed by atoms with Crippen LogP contribution < -0.4 is 5.32 Å². The lowest BCUT2D eigenvalue weighted by Gasteiger charge is -2.37. The van der Waals surface area contributed by atoms with Gasteiger partial charge in [0.15, 0.2) is 17.4 Å². The predicted molar refractivity (Wildman–Crippen MR) is 72.8 cm³/mol. The number of fused-ring (bicyclic) bond motifs is 1. The van der Waals surface area contributed by atoms with Crippen molar-refractivity contribution in [2.24, 2.45) is 4.99 Å². The Morgan fingerprint density at radius 1 is 1.47 bits per heavy atom. The molecule has 2 aliphatic rings. The lowest BCUT2D eigenvalue weighted by atomic mass is 10.1. The van der Waals surface area contributed by atoms with E-state index in [0.717, 1.165) is 0 Å². The lowest BCUT2D eigenvalue weighted by Crippen LogP contribution is -2.64. The van der Waals surface area contributed by atoms with Crippen LogP contribution in [-0.4, -0.2) is 69.7 Å². The smallest absolute Gasteiger partial charge is 0.325 e. The van der Waals surface area contributed by atoms with Gasteiger partial charge in [-0.1, -0.05) is 11.8 Å². The molecule has 1 fully saturated rings. The van der Waals surface area contributed by atoms with E-state index in [2.05, 4.69) is 10.3 Å². The first-order valence-electron chi connectivity index (χ1n) is 6.14. The monoisotopic (exact) mass is 286 g/mol. The molecule has 0 bridgehead atoms. The SMILES string of the molecule is CC(C)N1C(SCCO)=NC2C1C(=O)NC(=O)N2C. The van der Waals surface area contributed by atoms with Crippen molar-refractivity contribution in [3.05, 3.63) is 0 Å². The molecule has 19 heavy (non-hydrogen) atoms. The number of likely N-dealkylation sites (N-methyl/N-ethyl adjacent to an activating group) is 1. The number of urea groups is 1. The molecule has 2 aliphatic heterocycles. The molecule has 1 saturated heterocycles. The average Bonchev–Trinajstić information content (AvgIpc) is 2.73.